The van der Waals surface area contributed by atoms with Gasteiger partial charge in [-0.15, -0.1) is 0 Å². The zero-order valence-corrected chi connectivity index (χ0v) is 11.2. The number of likely N-dealkylation sites (N-methyl/N-ethyl adjacent to an activating group) is 1. The summed E-state index contributed by atoms with van der Waals surface area (Å²) in [7, 11) is 1.89. The van der Waals surface area contributed by atoms with E-state index in [1.165, 1.54) is 12.1 Å². The lowest BCUT2D eigenvalue weighted by atomic mass is 9.96. The highest BCUT2D eigenvalue weighted by Gasteiger charge is 2.16. The van der Waals surface area contributed by atoms with E-state index in [2.05, 4.69) is 10.3 Å². The molecule has 0 amide bonds. The van der Waals surface area contributed by atoms with E-state index in [-0.39, 0.29) is 11.9 Å². The maximum atomic E-state index is 12.9. The lowest BCUT2D eigenvalue weighted by molar-refractivity contribution is 0.586. The zero-order valence-electron chi connectivity index (χ0n) is 11.2. The lowest BCUT2D eigenvalue weighted by Gasteiger charge is -2.20. The van der Waals surface area contributed by atoms with Gasteiger partial charge in [0.2, 0.25) is 0 Å². The van der Waals surface area contributed by atoms with Crippen molar-refractivity contribution in [1.82, 2.24) is 10.3 Å². The molecule has 1 aromatic heterocycles. The molecule has 0 fully saturated rings. The van der Waals surface area contributed by atoms with Gasteiger partial charge in [0.1, 0.15) is 11.6 Å². The second kappa shape index (κ2) is 5.80. The number of nitrogens with one attached hydrogen (secondary N) is 1. The van der Waals surface area contributed by atoms with Gasteiger partial charge in [0.05, 0.1) is 0 Å². The van der Waals surface area contributed by atoms with E-state index in [0.717, 1.165) is 23.1 Å². The number of benzene rings is 1. The second-order valence-electron chi connectivity index (χ2n) is 4.60. The molecule has 1 heterocycles. The molecule has 1 atom stereocenters. The maximum Gasteiger partial charge on any atom is 0.128 e. The van der Waals surface area contributed by atoms with E-state index in [1.54, 1.807) is 18.3 Å². The summed E-state index contributed by atoms with van der Waals surface area (Å²) in [4.78, 5) is 4.14. The summed E-state index contributed by atoms with van der Waals surface area (Å²) >= 11 is 0. The number of nitrogens with two attached hydrogens (primary N) is 1. The Morgan fingerprint density at radius 3 is 2.53 bits per heavy atom. The molecule has 0 radical (unpaired) electrons. The molecule has 0 spiro atoms. The summed E-state index contributed by atoms with van der Waals surface area (Å²) in [5, 5.41) is 3.25. The van der Waals surface area contributed by atoms with Crippen LogP contribution in [0.15, 0.2) is 36.5 Å². The van der Waals surface area contributed by atoms with E-state index in [1.807, 2.05) is 20.0 Å². The van der Waals surface area contributed by atoms with Gasteiger partial charge in [0.25, 0.3) is 0 Å². The average molecular weight is 259 g/mol. The highest BCUT2D eigenvalue weighted by atomic mass is 19.1. The summed E-state index contributed by atoms with van der Waals surface area (Å²) in [5.74, 6) is 0.322. The summed E-state index contributed by atoms with van der Waals surface area (Å²) in [6.45, 7) is 2.02. The van der Waals surface area contributed by atoms with Crippen LogP contribution in [0.25, 0.3) is 0 Å². The molecule has 2 aromatic rings. The van der Waals surface area contributed by atoms with Crippen LogP contribution in [0.4, 0.5) is 10.2 Å². The van der Waals surface area contributed by atoms with Gasteiger partial charge >= 0.3 is 0 Å². The molecule has 0 saturated heterocycles. The number of pyridine rings is 1. The van der Waals surface area contributed by atoms with Crippen molar-refractivity contribution >= 4 is 5.82 Å². The average Bonchev–Trinajstić information content (AvgIpc) is 2.39. The molecule has 0 aliphatic rings. The van der Waals surface area contributed by atoms with Gasteiger partial charge in [-0.2, -0.15) is 0 Å². The predicted molar refractivity (Wildman–Crippen MR) is 75.3 cm³/mol. The van der Waals surface area contributed by atoms with Crippen LogP contribution in [-0.2, 0) is 6.42 Å². The van der Waals surface area contributed by atoms with Gasteiger partial charge in [-0.25, -0.2) is 9.37 Å². The van der Waals surface area contributed by atoms with Crippen molar-refractivity contribution in [2.75, 3.05) is 12.8 Å². The minimum absolute atomic E-state index is 0.0687. The van der Waals surface area contributed by atoms with Gasteiger partial charge < -0.3 is 11.1 Å². The first-order valence-corrected chi connectivity index (χ1v) is 6.24. The molecule has 3 N–H and O–H groups in total. The molecule has 3 nitrogen and oxygen atoms in total. The Labute approximate surface area is 112 Å². The Morgan fingerprint density at radius 1 is 1.26 bits per heavy atom. The zero-order chi connectivity index (χ0) is 13.8. The molecular formula is C15H18FN3. The summed E-state index contributed by atoms with van der Waals surface area (Å²) in [6, 6.07) is 8.55. The fraction of sp³-hybridized carbons (Fsp3) is 0.267. The standard InChI is InChI=1S/C15H18FN3/c1-10-7-8-19-15(17)14(10)13(18-2)9-11-3-5-12(16)6-4-11/h3-8,13,18H,9H2,1-2H3,(H2,17,19). The van der Waals surface area contributed by atoms with Crippen LogP contribution in [-0.4, -0.2) is 12.0 Å². The highest BCUT2D eigenvalue weighted by Crippen LogP contribution is 2.25. The van der Waals surface area contributed by atoms with Crippen LogP contribution in [0.1, 0.15) is 22.7 Å². The SMILES string of the molecule is CNC(Cc1ccc(F)cc1)c1c(C)ccnc1N. The first-order chi connectivity index (χ1) is 9.11. The number of anilines is 1. The summed E-state index contributed by atoms with van der Waals surface area (Å²) in [6.07, 6.45) is 2.45. The van der Waals surface area contributed by atoms with Crippen molar-refractivity contribution in [1.29, 1.82) is 0 Å². The number of aromatic nitrogens is 1. The Bertz CT molecular complexity index is 532. The van der Waals surface area contributed by atoms with Crippen molar-refractivity contribution < 1.29 is 4.39 Å². The summed E-state index contributed by atoms with van der Waals surface area (Å²) in [5.41, 5.74) is 9.14. The van der Waals surface area contributed by atoms with Crippen molar-refractivity contribution in [3.05, 3.63) is 59.0 Å². The quantitative estimate of drug-likeness (QED) is 0.887. The van der Waals surface area contributed by atoms with E-state index in [9.17, 15) is 4.39 Å². The van der Waals surface area contributed by atoms with Crippen LogP contribution in [0.5, 0.6) is 0 Å². The molecule has 0 aliphatic heterocycles. The molecule has 1 aromatic carbocycles. The molecule has 0 saturated carbocycles. The molecule has 100 valence electrons. The predicted octanol–water partition coefficient (Wildman–Crippen LogP) is 2.61. The Hall–Kier alpha value is -1.94. The van der Waals surface area contributed by atoms with Crippen molar-refractivity contribution in [3.63, 3.8) is 0 Å². The van der Waals surface area contributed by atoms with E-state index in [0.29, 0.717) is 5.82 Å². The van der Waals surface area contributed by atoms with Gasteiger partial charge in [0, 0.05) is 17.8 Å². The normalized spacial score (nSPS) is 12.4. The van der Waals surface area contributed by atoms with Gasteiger partial charge in [-0.1, -0.05) is 12.1 Å². The minimum Gasteiger partial charge on any atom is -0.383 e. The van der Waals surface area contributed by atoms with Gasteiger partial charge in [-0.3, -0.25) is 0 Å². The Balaban J connectivity index is 2.27. The third kappa shape index (κ3) is 3.09. The maximum absolute atomic E-state index is 12.9. The molecule has 19 heavy (non-hydrogen) atoms. The minimum atomic E-state index is -0.221. The number of hydrogen-bond donors (Lipinski definition) is 2. The third-order valence-electron chi connectivity index (χ3n) is 3.29. The van der Waals surface area contributed by atoms with Gasteiger partial charge in [-0.05, 0) is 49.7 Å². The number of aryl methyl sites for hydroxylation is 1. The van der Waals surface area contributed by atoms with Crippen LogP contribution >= 0.6 is 0 Å². The first-order valence-electron chi connectivity index (χ1n) is 6.24. The molecule has 2 rings (SSSR count). The Morgan fingerprint density at radius 2 is 1.95 bits per heavy atom. The van der Waals surface area contributed by atoms with Crippen LogP contribution in [0, 0.1) is 12.7 Å². The van der Waals surface area contributed by atoms with Crippen molar-refractivity contribution in [2.24, 2.45) is 0 Å². The number of hydrogen-bond acceptors (Lipinski definition) is 3. The van der Waals surface area contributed by atoms with Crippen LogP contribution in [0.3, 0.4) is 0 Å². The second-order valence-corrected chi connectivity index (χ2v) is 4.60. The smallest absolute Gasteiger partial charge is 0.128 e. The van der Waals surface area contributed by atoms with Crippen LogP contribution < -0.4 is 11.1 Å². The highest BCUT2D eigenvalue weighted by molar-refractivity contribution is 5.46. The number of nitrogen functional groups attached to an aromatic ring is 1. The fourth-order valence-electron chi connectivity index (χ4n) is 2.25. The first kappa shape index (κ1) is 13.5. The number of nitrogens with zero attached hydrogens (tertiary/aromatic N) is 1. The molecule has 1 unspecified atom stereocenters. The number of halogens is 1. The summed E-state index contributed by atoms with van der Waals surface area (Å²) < 4.78 is 12.9. The van der Waals surface area contributed by atoms with E-state index < -0.39 is 0 Å². The molecule has 0 bridgehead atoms. The molecule has 4 heteroatoms. The van der Waals surface area contributed by atoms with Crippen molar-refractivity contribution in [2.45, 2.75) is 19.4 Å². The fourth-order valence-corrected chi connectivity index (χ4v) is 2.25. The largest absolute Gasteiger partial charge is 0.383 e. The third-order valence-corrected chi connectivity index (χ3v) is 3.29. The number of rotatable bonds is 4. The van der Waals surface area contributed by atoms with E-state index >= 15 is 0 Å². The molecular weight excluding hydrogens is 241 g/mol. The van der Waals surface area contributed by atoms with Crippen molar-refractivity contribution in [3.8, 4) is 0 Å². The van der Waals surface area contributed by atoms with E-state index in [4.69, 9.17) is 5.73 Å². The lowest BCUT2D eigenvalue weighted by Crippen LogP contribution is -2.21. The van der Waals surface area contributed by atoms with Crippen LogP contribution in [0.2, 0.25) is 0 Å². The molecule has 0 aliphatic carbocycles. The Kier molecular flexibility index (Phi) is 4.12. The van der Waals surface area contributed by atoms with Gasteiger partial charge in [0.15, 0.2) is 0 Å². The monoisotopic (exact) mass is 259 g/mol. The topological polar surface area (TPSA) is 50.9 Å².